The van der Waals surface area contributed by atoms with E-state index in [-0.39, 0.29) is 24.3 Å². The van der Waals surface area contributed by atoms with Gasteiger partial charge < -0.3 is 4.74 Å². The van der Waals surface area contributed by atoms with Crippen LogP contribution in [0, 0.1) is 0 Å². The fraction of sp³-hybridized carbons (Fsp3) is 0.435. The largest absolute Gasteiger partial charge is 0.443 e. The summed E-state index contributed by atoms with van der Waals surface area (Å²) in [4.78, 5) is 17.3. The number of likely N-dealkylation sites (tertiary alicyclic amines) is 1. The van der Waals surface area contributed by atoms with E-state index in [4.69, 9.17) is 4.74 Å². The maximum absolute atomic E-state index is 12.6. The number of amides is 1. The molecule has 2 unspecified atom stereocenters. The molecule has 0 saturated carbocycles. The van der Waals surface area contributed by atoms with Crippen molar-refractivity contribution in [2.75, 3.05) is 19.3 Å². The molecular formula is C23H26N2O4S. The van der Waals surface area contributed by atoms with Gasteiger partial charge in [0.15, 0.2) is 9.84 Å². The zero-order chi connectivity index (χ0) is 20.9. The summed E-state index contributed by atoms with van der Waals surface area (Å²) < 4.78 is 29.0. The monoisotopic (exact) mass is 426 g/mol. The molecule has 2 atom stereocenters. The first-order chi connectivity index (χ1) is 14.4. The smallest absolute Gasteiger partial charge is 0.411 e. The summed E-state index contributed by atoms with van der Waals surface area (Å²) >= 11 is 0. The summed E-state index contributed by atoms with van der Waals surface area (Å²) in [7, 11) is -3.17. The summed E-state index contributed by atoms with van der Waals surface area (Å²) in [6.07, 6.45) is 3.65. The molecule has 5 rings (SSSR count). The van der Waals surface area contributed by atoms with Crippen LogP contribution in [0.4, 0.5) is 4.79 Å². The normalized spacial score (nSPS) is 24.6. The van der Waals surface area contributed by atoms with Gasteiger partial charge in [0.25, 0.3) is 0 Å². The molecule has 0 bridgehead atoms. The molecule has 1 amide bonds. The molecule has 0 aromatic heterocycles. The lowest BCUT2D eigenvalue weighted by atomic mass is 9.99. The number of ether oxygens (including phenoxy) is 1. The molecule has 0 N–H and O–H groups in total. The molecule has 2 fully saturated rings. The molecule has 1 aliphatic carbocycles. The van der Waals surface area contributed by atoms with E-state index < -0.39 is 9.84 Å². The third kappa shape index (κ3) is 3.50. The Kier molecular flexibility index (Phi) is 4.82. The minimum Gasteiger partial charge on any atom is -0.443 e. The van der Waals surface area contributed by atoms with E-state index in [1.54, 1.807) is 12.1 Å². The van der Waals surface area contributed by atoms with E-state index in [2.05, 4.69) is 17.0 Å². The van der Waals surface area contributed by atoms with Crippen LogP contribution in [0.15, 0.2) is 53.4 Å². The van der Waals surface area contributed by atoms with Crippen LogP contribution in [0.25, 0.3) is 0 Å². The molecule has 2 heterocycles. The van der Waals surface area contributed by atoms with E-state index >= 15 is 0 Å². The van der Waals surface area contributed by atoms with Crippen LogP contribution in [0.1, 0.15) is 35.6 Å². The molecule has 158 valence electrons. The molecule has 2 aromatic rings. The van der Waals surface area contributed by atoms with Gasteiger partial charge in [0.05, 0.1) is 10.9 Å². The summed E-state index contributed by atoms with van der Waals surface area (Å²) in [6, 6.07) is 15.7. The van der Waals surface area contributed by atoms with Crippen LogP contribution in [0.5, 0.6) is 0 Å². The maximum atomic E-state index is 12.6. The van der Waals surface area contributed by atoms with Crippen LogP contribution in [-0.4, -0.2) is 55.8 Å². The number of hydrogen-bond donors (Lipinski definition) is 0. The molecule has 0 spiro atoms. The van der Waals surface area contributed by atoms with Crippen molar-refractivity contribution in [3.8, 4) is 0 Å². The van der Waals surface area contributed by atoms with E-state index in [0.29, 0.717) is 4.90 Å². The van der Waals surface area contributed by atoms with Gasteiger partial charge in [-0.3, -0.25) is 9.80 Å². The second-order valence-corrected chi connectivity index (χ2v) is 10.6. The molecule has 2 aliphatic heterocycles. The van der Waals surface area contributed by atoms with Gasteiger partial charge in [-0.15, -0.1) is 0 Å². The lowest BCUT2D eigenvalue weighted by molar-refractivity contribution is 0.103. The molecule has 3 aliphatic rings. The number of carbonyl (C=O) groups is 1. The van der Waals surface area contributed by atoms with Gasteiger partial charge in [0.1, 0.15) is 6.10 Å². The molecule has 2 aromatic carbocycles. The van der Waals surface area contributed by atoms with Crippen molar-refractivity contribution in [3.63, 3.8) is 0 Å². The standard InChI is InChI=1S/C23H26N2O4S/c1-30(27,28)19-8-6-16(7-9-19)15-24-12-10-18(11-13-24)25-22-20-5-3-2-4-17(20)14-21(22)29-23(25)26/h2-9,18,21-22H,10-15H2,1H3. The fourth-order valence-electron chi connectivity index (χ4n) is 5.11. The minimum absolute atomic E-state index is 0.0498. The van der Waals surface area contributed by atoms with Crippen molar-refractivity contribution in [2.45, 2.75) is 48.9 Å². The molecule has 7 heteroatoms. The number of carbonyl (C=O) groups excluding carboxylic acids is 1. The van der Waals surface area contributed by atoms with Crippen molar-refractivity contribution in [3.05, 3.63) is 65.2 Å². The van der Waals surface area contributed by atoms with Crippen molar-refractivity contribution < 1.29 is 17.9 Å². The van der Waals surface area contributed by atoms with Crippen molar-refractivity contribution in [1.29, 1.82) is 0 Å². The maximum Gasteiger partial charge on any atom is 0.411 e. The van der Waals surface area contributed by atoms with Gasteiger partial charge in [-0.05, 0) is 41.7 Å². The number of benzene rings is 2. The Hall–Kier alpha value is -2.38. The Morgan fingerprint density at radius 3 is 2.43 bits per heavy atom. The average Bonchev–Trinajstić information content (AvgIpc) is 3.23. The number of rotatable bonds is 4. The quantitative estimate of drug-likeness (QED) is 0.751. The Balaban J connectivity index is 1.23. The van der Waals surface area contributed by atoms with Crippen LogP contribution in [0.2, 0.25) is 0 Å². The second-order valence-electron chi connectivity index (χ2n) is 8.60. The molecule has 2 saturated heterocycles. The second kappa shape index (κ2) is 7.39. The highest BCUT2D eigenvalue weighted by Crippen LogP contribution is 2.44. The van der Waals surface area contributed by atoms with Crippen LogP contribution < -0.4 is 0 Å². The predicted molar refractivity (Wildman–Crippen MR) is 113 cm³/mol. The van der Waals surface area contributed by atoms with Crippen molar-refractivity contribution in [1.82, 2.24) is 9.80 Å². The summed E-state index contributed by atoms with van der Waals surface area (Å²) in [6.45, 7) is 2.60. The summed E-state index contributed by atoms with van der Waals surface area (Å²) in [5.41, 5.74) is 3.63. The number of fused-ring (bicyclic) bond motifs is 3. The average molecular weight is 427 g/mol. The highest BCUT2D eigenvalue weighted by atomic mass is 32.2. The van der Waals surface area contributed by atoms with Crippen LogP contribution in [0.3, 0.4) is 0 Å². The highest BCUT2D eigenvalue weighted by molar-refractivity contribution is 7.90. The van der Waals surface area contributed by atoms with Gasteiger partial charge in [0.2, 0.25) is 0 Å². The number of piperidine rings is 1. The van der Waals surface area contributed by atoms with Crippen LogP contribution >= 0.6 is 0 Å². The van der Waals surface area contributed by atoms with E-state index in [0.717, 1.165) is 44.5 Å². The zero-order valence-electron chi connectivity index (χ0n) is 17.0. The Bertz CT molecular complexity index is 1060. The van der Waals surface area contributed by atoms with Gasteiger partial charge >= 0.3 is 6.09 Å². The molecule has 6 nitrogen and oxygen atoms in total. The first-order valence-corrected chi connectivity index (χ1v) is 12.4. The predicted octanol–water partition coefficient (Wildman–Crippen LogP) is 3.17. The SMILES string of the molecule is CS(=O)(=O)c1ccc(CN2CCC(N3C(=O)OC4Cc5ccccc5C43)CC2)cc1. The number of sulfone groups is 1. The topological polar surface area (TPSA) is 66.9 Å². The van der Waals surface area contributed by atoms with Crippen LogP contribution in [-0.2, 0) is 27.5 Å². The Morgan fingerprint density at radius 1 is 1.03 bits per heavy atom. The lowest BCUT2D eigenvalue weighted by Gasteiger charge is -2.38. The number of hydrogen-bond acceptors (Lipinski definition) is 5. The third-order valence-corrected chi connectivity index (χ3v) is 7.75. The molecule has 0 radical (unpaired) electrons. The van der Waals surface area contributed by atoms with Crippen molar-refractivity contribution >= 4 is 15.9 Å². The van der Waals surface area contributed by atoms with Gasteiger partial charge in [0, 0.05) is 38.4 Å². The Morgan fingerprint density at radius 2 is 1.73 bits per heavy atom. The lowest BCUT2D eigenvalue weighted by Crippen LogP contribution is -2.46. The third-order valence-electron chi connectivity index (χ3n) is 6.62. The molecule has 30 heavy (non-hydrogen) atoms. The summed E-state index contributed by atoms with van der Waals surface area (Å²) in [5.74, 6) is 0. The van der Waals surface area contributed by atoms with Crippen molar-refractivity contribution in [2.24, 2.45) is 0 Å². The summed E-state index contributed by atoms with van der Waals surface area (Å²) in [5, 5.41) is 0. The van der Waals surface area contributed by atoms with E-state index in [1.807, 2.05) is 29.2 Å². The van der Waals surface area contributed by atoms with Gasteiger partial charge in [-0.1, -0.05) is 36.4 Å². The van der Waals surface area contributed by atoms with E-state index in [9.17, 15) is 13.2 Å². The highest BCUT2D eigenvalue weighted by Gasteiger charge is 2.50. The van der Waals surface area contributed by atoms with Gasteiger partial charge in [-0.2, -0.15) is 0 Å². The van der Waals surface area contributed by atoms with E-state index in [1.165, 1.54) is 17.4 Å². The number of nitrogens with zero attached hydrogens (tertiary/aromatic N) is 2. The fourth-order valence-corrected chi connectivity index (χ4v) is 5.74. The Labute approximate surface area is 177 Å². The first-order valence-electron chi connectivity index (χ1n) is 10.5. The first kappa shape index (κ1) is 19.6. The van der Waals surface area contributed by atoms with Gasteiger partial charge in [-0.25, -0.2) is 13.2 Å². The zero-order valence-corrected chi connectivity index (χ0v) is 17.8. The molecular weight excluding hydrogens is 400 g/mol. The minimum atomic E-state index is -3.17.